The number of carbonyl (C=O) groups excluding carboxylic acids is 1. The molecular weight excluding hydrogens is 472 g/mol. The van der Waals surface area contributed by atoms with Gasteiger partial charge in [-0.1, -0.05) is 0 Å². The van der Waals surface area contributed by atoms with Crippen LogP contribution in [0.25, 0.3) is 23.2 Å². The Morgan fingerprint density at radius 1 is 0.714 bits per heavy atom. The molecular formula is C23H31ClN8O3. The molecule has 0 unspecified atom stereocenters. The van der Waals surface area contributed by atoms with Gasteiger partial charge in [-0.25, -0.2) is 0 Å². The van der Waals surface area contributed by atoms with E-state index in [1.54, 1.807) is 0 Å². The summed E-state index contributed by atoms with van der Waals surface area (Å²) >= 11 is 0. The Morgan fingerprint density at radius 2 is 1.09 bits per heavy atom. The molecule has 35 heavy (non-hydrogen) atoms. The molecule has 0 saturated heterocycles. The normalized spacial score (nSPS) is 11.5. The molecule has 0 fully saturated rings. The Hall–Kier alpha value is -3.28. The van der Waals surface area contributed by atoms with Crippen LogP contribution in [0.3, 0.4) is 0 Å². The molecule has 0 bridgehead atoms. The summed E-state index contributed by atoms with van der Waals surface area (Å²) in [6, 6.07) is 0. The van der Waals surface area contributed by atoms with Crippen LogP contribution in [0.15, 0.2) is 8.83 Å². The largest absolute Gasteiger partial charge is 0.418 e. The molecule has 0 aliphatic carbocycles. The van der Waals surface area contributed by atoms with Gasteiger partial charge < -0.3 is 28.6 Å². The molecule has 0 aromatic carbocycles. The zero-order valence-electron chi connectivity index (χ0n) is 21.2. The molecule has 0 saturated carbocycles. The summed E-state index contributed by atoms with van der Waals surface area (Å²) in [5, 5.41) is 16.5. The standard InChI is InChI=1S/C23H30N8O3.ClH/c1-11-17(13(3)24-19(11)22-28-26-15(33-22)9-30(5)6)21(32)18-12(2)20(25-14(18)4)23-29-27-16(34-23)10-31(7)8;/h24-25H,9-10H2,1-8H3;1H. The SMILES string of the molecule is Cc1[nH]c(-c2nnc(CN(C)C)o2)c(C)c1C(=O)c1c(C)[nH]c(-c2nnc(CN(C)C)o2)c1C.Cl. The predicted octanol–water partition coefficient (Wildman–Crippen LogP) is 3.45. The molecule has 4 heterocycles. The van der Waals surface area contributed by atoms with E-state index in [0.29, 0.717) is 59.2 Å². The van der Waals surface area contributed by atoms with Crippen molar-refractivity contribution >= 4 is 18.2 Å². The van der Waals surface area contributed by atoms with Crippen LogP contribution in [0.1, 0.15) is 50.2 Å². The van der Waals surface area contributed by atoms with Crippen molar-refractivity contribution in [2.75, 3.05) is 28.2 Å². The molecule has 0 radical (unpaired) electrons. The van der Waals surface area contributed by atoms with Crippen LogP contribution < -0.4 is 0 Å². The van der Waals surface area contributed by atoms with E-state index in [0.717, 1.165) is 22.5 Å². The molecule has 0 aliphatic rings. The number of aromatic amines is 2. The third-order valence-electron chi connectivity index (χ3n) is 5.59. The third kappa shape index (κ3) is 5.07. The first kappa shape index (κ1) is 26.3. The molecule has 12 heteroatoms. The van der Waals surface area contributed by atoms with Gasteiger partial charge >= 0.3 is 0 Å². The average molecular weight is 503 g/mol. The third-order valence-corrected chi connectivity index (χ3v) is 5.59. The first-order valence-electron chi connectivity index (χ1n) is 10.9. The Morgan fingerprint density at radius 3 is 1.43 bits per heavy atom. The van der Waals surface area contributed by atoms with E-state index in [1.807, 2.05) is 65.7 Å². The lowest BCUT2D eigenvalue weighted by molar-refractivity contribution is 0.103. The van der Waals surface area contributed by atoms with Crippen LogP contribution in [0, 0.1) is 27.7 Å². The second-order valence-electron chi connectivity index (χ2n) is 9.06. The van der Waals surface area contributed by atoms with Crippen LogP contribution in [-0.4, -0.2) is 74.1 Å². The Labute approximate surface area is 209 Å². The highest BCUT2D eigenvalue weighted by Gasteiger charge is 2.28. The van der Waals surface area contributed by atoms with E-state index in [9.17, 15) is 4.79 Å². The summed E-state index contributed by atoms with van der Waals surface area (Å²) in [6.45, 7) is 8.56. The fourth-order valence-corrected chi connectivity index (χ4v) is 4.11. The fourth-order valence-electron chi connectivity index (χ4n) is 4.11. The van der Waals surface area contributed by atoms with Crippen molar-refractivity contribution in [1.82, 2.24) is 40.2 Å². The summed E-state index contributed by atoms with van der Waals surface area (Å²) in [6.07, 6.45) is 0. The van der Waals surface area contributed by atoms with Crippen molar-refractivity contribution in [3.63, 3.8) is 0 Å². The molecule has 11 nitrogen and oxygen atoms in total. The molecule has 4 aromatic heterocycles. The van der Waals surface area contributed by atoms with Gasteiger partial charge in [-0.05, 0) is 67.0 Å². The predicted molar refractivity (Wildman–Crippen MR) is 133 cm³/mol. The lowest BCUT2D eigenvalue weighted by atomic mass is 9.96. The molecule has 0 spiro atoms. The quantitative estimate of drug-likeness (QED) is 0.347. The number of nitrogens with one attached hydrogen (secondary N) is 2. The molecule has 0 atom stereocenters. The number of ketones is 1. The maximum absolute atomic E-state index is 13.7. The number of halogens is 1. The van der Waals surface area contributed by atoms with Crippen molar-refractivity contribution < 1.29 is 13.6 Å². The van der Waals surface area contributed by atoms with Crippen molar-refractivity contribution in [2.24, 2.45) is 0 Å². The summed E-state index contributed by atoms with van der Waals surface area (Å²) < 4.78 is 11.6. The zero-order valence-corrected chi connectivity index (χ0v) is 22.0. The van der Waals surface area contributed by atoms with Crippen molar-refractivity contribution in [3.05, 3.63) is 45.4 Å². The second-order valence-corrected chi connectivity index (χ2v) is 9.06. The van der Waals surface area contributed by atoms with E-state index in [4.69, 9.17) is 8.83 Å². The van der Waals surface area contributed by atoms with Gasteiger partial charge in [0.15, 0.2) is 5.78 Å². The molecule has 2 N–H and O–H groups in total. The monoisotopic (exact) mass is 502 g/mol. The topological polar surface area (TPSA) is 133 Å². The number of rotatable bonds is 8. The maximum atomic E-state index is 13.7. The average Bonchev–Trinajstić information content (AvgIpc) is 3.49. The van der Waals surface area contributed by atoms with Crippen LogP contribution in [0.5, 0.6) is 0 Å². The molecule has 0 aliphatic heterocycles. The number of hydrogen-bond acceptors (Lipinski definition) is 9. The number of aromatic nitrogens is 6. The van der Waals surface area contributed by atoms with E-state index in [1.165, 1.54) is 0 Å². The highest BCUT2D eigenvalue weighted by molar-refractivity contribution is 6.13. The highest BCUT2D eigenvalue weighted by Crippen LogP contribution is 2.33. The van der Waals surface area contributed by atoms with E-state index in [-0.39, 0.29) is 18.2 Å². The number of H-pyrrole nitrogens is 2. The van der Waals surface area contributed by atoms with E-state index < -0.39 is 0 Å². The van der Waals surface area contributed by atoms with Gasteiger partial charge in [0.05, 0.1) is 13.1 Å². The second kappa shape index (κ2) is 10.1. The van der Waals surface area contributed by atoms with E-state index in [2.05, 4.69) is 30.4 Å². The van der Waals surface area contributed by atoms with Gasteiger partial charge in [-0.15, -0.1) is 32.8 Å². The smallest absolute Gasteiger partial charge is 0.264 e. The number of hydrogen-bond donors (Lipinski definition) is 2. The molecule has 0 amide bonds. The van der Waals surface area contributed by atoms with Gasteiger partial charge in [0.1, 0.15) is 11.4 Å². The minimum Gasteiger partial charge on any atom is -0.418 e. The molecule has 4 aromatic rings. The summed E-state index contributed by atoms with van der Waals surface area (Å²) in [5.74, 6) is 1.64. The summed E-state index contributed by atoms with van der Waals surface area (Å²) in [4.78, 5) is 24.1. The van der Waals surface area contributed by atoms with Crippen molar-refractivity contribution in [2.45, 2.75) is 40.8 Å². The summed E-state index contributed by atoms with van der Waals surface area (Å²) in [7, 11) is 7.71. The van der Waals surface area contributed by atoms with Crippen LogP contribution >= 0.6 is 12.4 Å². The van der Waals surface area contributed by atoms with Gasteiger partial charge in [-0.2, -0.15) is 0 Å². The minimum atomic E-state index is -0.101. The van der Waals surface area contributed by atoms with Gasteiger partial charge in [0.2, 0.25) is 11.8 Å². The van der Waals surface area contributed by atoms with Gasteiger partial charge in [0, 0.05) is 22.5 Å². The molecule has 188 valence electrons. The van der Waals surface area contributed by atoms with Crippen LogP contribution in [0.4, 0.5) is 0 Å². The fraction of sp³-hybridized carbons (Fsp3) is 0.435. The Kier molecular flexibility index (Phi) is 7.63. The van der Waals surface area contributed by atoms with Crippen LogP contribution in [0.2, 0.25) is 0 Å². The van der Waals surface area contributed by atoms with E-state index >= 15 is 0 Å². The van der Waals surface area contributed by atoms with Gasteiger partial charge in [-0.3, -0.25) is 4.79 Å². The van der Waals surface area contributed by atoms with Crippen molar-refractivity contribution in [3.8, 4) is 23.2 Å². The van der Waals surface area contributed by atoms with Gasteiger partial charge in [0.25, 0.3) is 11.8 Å². The minimum absolute atomic E-state index is 0. The molecule has 4 rings (SSSR count). The lowest BCUT2D eigenvalue weighted by Crippen LogP contribution is -2.10. The number of carbonyl (C=O) groups is 1. The highest BCUT2D eigenvalue weighted by atomic mass is 35.5. The number of aryl methyl sites for hydroxylation is 2. The summed E-state index contributed by atoms with van der Waals surface area (Å²) in [5.41, 5.74) is 5.44. The van der Waals surface area contributed by atoms with Crippen molar-refractivity contribution in [1.29, 1.82) is 0 Å². The first-order valence-corrected chi connectivity index (χ1v) is 10.9. The van der Waals surface area contributed by atoms with Crippen LogP contribution in [-0.2, 0) is 13.1 Å². The zero-order chi connectivity index (χ0) is 24.7. The number of nitrogens with zero attached hydrogens (tertiary/aromatic N) is 6. The Balaban J connectivity index is 0.00000342. The lowest BCUT2D eigenvalue weighted by Gasteiger charge is -2.04. The maximum Gasteiger partial charge on any atom is 0.264 e. The Bertz CT molecular complexity index is 1240. The first-order chi connectivity index (χ1) is 16.1.